The highest BCUT2D eigenvalue weighted by Gasteiger charge is 2.20. The van der Waals surface area contributed by atoms with Gasteiger partial charge < -0.3 is 15.0 Å². The molecule has 6 nitrogen and oxygen atoms in total. The van der Waals surface area contributed by atoms with E-state index >= 15 is 0 Å². The van der Waals surface area contributed by atoms with Gasteiger partial charge in [0.2, 0.25) is 5.91 Å². The lowest BCUT2D eigenvalue weighted by Gasteiger charge is -2.16. The van der Waals surface area contributed by atoms with Gasteiger partial charge in [0.25, 0.3) is 5.91 Å². The van der Waals surface area contributed by atoms with E-state index in [9.17, 15) is 14.4 Å². The molecule has 2 amide bonds. The number of hydrogen-bond donors (Lipinski definition) is 1. The minimum atomic E-state index is -0.390. The number of rotatable bonds is 6. The topological polar surface area (TPSA) is 75.7 Å². The van der Waals surface area contributed by atoms with E-state index in [-0.39, 0.29) is 17.8 Å². The molecule has 0 saturated carbocycles. The normalized spacial score (nSPS) is 13.5. The van der Waals surface area contributed by atoms with Crippen LogP contribution in [0.15, 0.2) is 48.5 Å². The molecule has 0 aromatic heterocycles. The number of methoxy groups -OCH3 is 1. The van der Waals surface area contributed by atoms with Crippen molar-refractivity contribution >= 4 is 17.8 Å². The number of hydrogen-bond acceptors (Lipinski definition) is 4. The highest BCUT2D eigenvalue weighted by molar-refractivity contribution is 5.94. The van der Waals surface area contributed by atoms with E-state index < -0.39 is 0 Å². The lowest BCUT2D eigenvalue weighted by molar-refractivity contribution is -0.128. The zero-order chi connectivity index (χ0) is 19.2. The Morgan fingerprint density at radius 3 is 2.52 bits per heavy atom. The van der Waals surface area contributed by atoms with Crippen molar-refractivity contribution in [2.45, 2.75) is 25.9 Å². The predicted octanol–water partition coefficient (Wildman–Crippen LogP) is 2.53. The highest BCUT2D eigenvalue weighted by atomic mass is 16.5. The number of nitrogens with one attached hydrogen (secondary N) is 1. The molecule has 27 heavy (non-hydrogen) atoms. The molecule has 1 N–H and O–H groups in total. The van der Waals surface area contributed by atoms with Gasteiger partial charge in [0, 0.05) is 31.6 Å². The van der Waals surface area contributed by atoms with E-state index in [0.29, 0.717) is 30.6 Å². The van der Waals surface area contributed by atoms with Crippen molar-refractivity contribution in [2.75, 3.05) is 13.7 Å². The standard InChI is InChI=1S/C21H22N2O4/c1-27-21(26)17-9-7-15(8-10-17)13-22-20(25)18-5-2-4-16(12-18)14-23-11-3-6-19(23)24/h2,4-5,7-10,12H,3,6,11,13-14H2,1H3,(H,22,25). The maximum Gasteiger partial charge on any atom is 0.337 e. The monoisotopic (exact) mass is 366 g/mol. The number of ether oxygens (including phenoxy) is 1. The molecule has 0 bridgehead atoms. The van der Waals surface area contributed by atoms with Gasteiger partial charge in [0.1, 0.15) is 0 Å². The number of carbonyl (C=O) groups is 3. The smallest absolute Gasteiger partial charge is 0.337 e. The van der Waals surface area contributed by atoms with Crippen LogP contribution in [0.3, 0.4) is 0 Å². The zero-order valence-corrected chi connectivity index (χ0v) is 15.2. The summed E-state index contributed by atoms with van der Waals surface area (Å²) < 4.78 is 4.66. The average Bonchev–Trinajstić information content (AvgIpc) is 3.10. The largest absolute Gasteiger partial charge is 0.465 e. The molecule has 1 saturated heterocycles. The molecular formula is C21H22N2O4. The van der Waals surface area contributed by atoms with Crippen LogP contribution in [0.2, 0.25) is 0 Å². The summed E-state index contributed by atoms with van der Waals surface area (Å²) in [6.07, 6.45) is 1.50. The molecule has 0 unspecified atom stereocenters. The van der Waals surface area contributed by atoms with E-state index in [1.165, 1.54) is 7.11 Å². The Morgan fingerprint density at radius 1 is 1.07 bits per heavy atom. The summed E-state index contributed by atoms with van der Waals surface area (Å²) in [6.45, 7) is 1.67. The molecule has 6 heteroatoms. The van der Waals surface area contributed by atoms with E-state index in [1.807, 2.05) is 23.1 Å². The van der Waals surface area contributed by atoms with Crippen LogP contribution in [0.5, 0.6) is 0 Å². The van der Waals surface area contributed by atoms with Crippen molar-refractivity contribution in [3.63, 3.8) is 0 Å². The van der Waals surface area contributed by atoms with Crippen LogP contribution < -0.4 is 5.32 Å². The second-order valence-corrected chi connectivity index (χ2v) is 6.49. The van der Waals surface area contributed by atoms with Crippen LogP contribution in [0.1, 0.15) is 44.7 Å². The van der Waals surface area contributed by atoms with Crippen LogP contribution in [0.25, 0.3) is 0 Å². The number of esters is 1. The van der Waals surface area contributed by atoms with Gasteiger partial charge in [0.05, 0.1) is 12.7 Å². The molecule has 140 valence electrons. The third-order valence-electron chi connectivity index (χ3n) is 4.56. The Bertz CT molecular complexity index is 846. The van der Waals surface area contributed by atoms with Crippen LogP contribution >= 0.6 is 0 Å². The summed E-state index contributed by atoms with van der Waals surface area (Å²) in [6, 6.07) is 14.2. The quantitative estimate of drug-likeness (QED) is 0.797. The fraction of sp³-hybridized carbons (Fsp3) is 0.286. The second-order valence-electron chi connectivity index (χ2n) is 6.49. The van der Waals surface area contributed by atoms with Crippen molar-refractivity contribution in [1.29, 1.82) is 0 Å². The first-order valence-corrected chi connectivity index (χ1v) is 8.89. The van der Waals surface area contributed by atoms with Gasteiger partial charge in [-0.1, -0.05) is 24.3 Å². The first kappa shape index (κ1) is 18.6. The van der Waals surface area contributed by atoms with Crippen molar-refractivity contribution in [3.8, 4) is 0 Å². The number of carbonyl (C=O) groups excluding carboxylic acids is 3. The molecule has 0 aliphatic carbocycles. The van der Waals surface area contributed by atoms with Crippen molar-refractivity contribution in [3.05, 3.63) is 70.8 Å². The maximum atomic E-state index is 12.4. The summed E-state index contributed by atoms with van der Waals surface area (Å²) in [5, 5.41) is 2.87. The summed E-state index contributed by atoms with van der Waals surface area (Å²) in [5.74, 6) is -0.402. The molecular weight excluding hydrogens is 344 g/mol. The number of amides is 2. The molecule has 2 aromatic rings. The molecule has 0 radical (unpaired) electrons. The Labute approximate surface area is 158 Å². The van der Waals surface area contributed by atoms with Crippen molar-refractivity contribution in [1.82, 2.24) is 10.2 Å². The Balaban J connectivity index is 1.58. The van der Waals surface area contributed by atoms with Gasteiger partial charge in [-0.05, 0) is 41.8 Å². The summed E-state index contributed by atoms with van der Waals surface area (Å²) in [7, 11) is 1.34. The predicted molar refractivity (Wildman–Crippen MR) is 100 cm³/mol. The minimum absolute atomic E-state index is 0.167. The zero-order valence-electron chi connectivity index (χ0n) is 15.2. The Hall–Kier alpha value is -3.15. The molecule has 1 heterocycles. The van der Waals surface area contributed by atoms with Gasteiger partial charge in [-0.25, -0.2) is 4.79 Å². The lowest BCUT2D eigenvalue weighted by Crippen LogP contribution is -2.25. The van der Waals surface area contributed by atoms with Gasteiger partial charge in [-0.15, -0.1) is 0 Å². The van der Waals surface area contributed by atoms with Crippen LogP contribution in [0, 0.1) is 0 Å². The summed E-state index contributed by atoms with van der Waals surface area (Å²) in [4.78, 5) is 37.4. The van der Waals surface area contributed by atoms with Crippen molar-refractivity contribution in [2.24, 2.45) is 0 Å². The molecule has 0 spiro atoms. The number of nitrogens with zero attached hydrogens (tertiary/aromatic N) is 1. The van der Waals surface area contributed by atoms with Gasteiger partial charge in [-0.2, -0.15) is 0 Å². The number of likely N-dealkylation sites (tertiary alicyclic amines) is 1. The minimum Gasteiger partial charge on any atom is -0.465 e. The Kier molecular flexibility index (Phi) is 5.86. The number of benzene rings is 2. The highest BCUT2D eigenvalue weighted by Crippen LogP contribution is 2.15. The third kappa shape index (κ3) is 4.73. The van der Waals surface area contributed by atoms with E-state index in [2.05, 4.69) is 10.1 Å². The van der Waals surface area contributed by atoms with E-state index in [1.54, 1.807) is 30.3 Å². The lowest BCUT2D eigenvalue weighted by atomic mass is 10.1. The summed E-state index contributed by atoms with van der Waals surface area (Å²) >= 11 is 0. The molecule has 0 atom stereocenters. The first-order chi connectivity index (χ1) is 13.1. The van der Waals surface area contributed by atoms with Crippen LogP contribution in [-0.2, 0) is 22.6 Å². The van der Waals surface area contributed by atoms with Crippen LogP contribution in [0.4, 0.5) is 0 Å². The molecule has 1 aliphatic heterocycles. The average molecular weight is 366 g/mol. The summed E-state index contributed by atoms with van der Waals surface area (Å²) in [5.41, 5.74) is 2.86. The molecule has 1 fully saturated rings. The van der Waals surface area contributed by atoms with Gasteiger partial charge >= 0.3 is 5.97 Å². The molecule has 1 aliphatic rings. The maximum absolute atomic E-state index is 12.4. The van der Waals surface area contributed by atoms with Crippen LogP contribution in [-0.4, -0.2) is 36.3 Å². The molecule has 2 aromatic carbocycles. The fourth-order valence-corrected chi connectivity index (χ4v) is 3.06. The van der Waals surface area contributed by atoms with E-state index in [4.69, 9.17) is 0 Å². The Morgan fingerprint density at radius 2 is 1.85 bits per heavy atom. The third-order valence-corrected chi connectivity index (χ3v) is 4.56. The van der Waals surface area contributed by atoms with E-state index in [0.717, 1.165) is 24.1 Å². The van der Waals surface area contributed by atoms with Crippen molar-refractivity contribution < 1.29 is 19.1 Å². The SMILES string of the molecule is COC(=O)c1ccc(CNC(=O)c2cccc(CN3CCCC3=O)c2)cc1. The first-order valence-electron chi connectivity index (χ1n) is 8.89. The van der Waals surface area contributed by atoms with Gasteiger partial charge in [-0.3, -0.25) is 9.59 Å². The fourth-order valence-electron chi connectivity index (χ4n) is 3.06. The second kappa shape index (κ2) is 8.49. The molecule has 3 rings (SSSR count). The van der Waals surface area contributed by atoms with Gasteiger partial charge in [0.15, 0.2) is 0 Å².